The minimum Gasteiger partial charge on any atom is -0.312 e. The Morgan fingerprint density at radius 1 is 1.19 bits per heavy atom. The van der Waals surface area contributed by atoms with Crippen molar-refractivity contribution in [3.05, 3.63) is 52.1 Å². The smallest absolute Gasteiger partial charge is 0.119 e. The summed E-state index contributed by atoms with van der Waals surface area (Å²) in [5.74, 6) is 0.640. The van der Waals surface area contributed by atoms with Gasteiger partial charge in [0.15, 0.2) is 0 Å². The van der Waals surface area contributed by atoms with Gasteiger partial charge in [-0.3, -0.25) is 0 Å². The molecule has 0 amide bonds. The molecule has 0 aliphatic carbocycles. The quantitative estimate of drug-likeness (QED) is 0.773. The molecule has 0 aliphatic heterocycles. The van der Waals surface area contributed by atoms with Crippen LogP contribution in [0.3, 0.4) is 0 Å². The Morgan fingerprint density at radius 3 is 2.67 bits per heavy atom. The Morgan fingerprint density at radius 2 is 2.00 bits per heavy atom. The van der Waals surface area contributed by atoms with Crippen LogP contribution >= 0.6 is 35.0 Å². The largest absolute Gasteiger partial charge is 0.312 e. The first-order valence-electron chi connectivity index (χ1n) is 6.84. The number of benzene rings is 1. The van der Waals surface area contributed by atoms with Crippen molar-refractivity contribution in [2.24, 2.45) is 5.92 Å². The Bertz CT molecular complexity index is 603. The molecule has 5 heteroatoms. The number of hydrogen-bond donors (Lipinski definition) is 1. The van der Waals surface area contributed by atoms with Gasteiger partial charge in [-0.05, 0) is 42.3 Å². The fourth-order valence-electron chi connectivity index (χ4n) is 1.79. The number of rotatable bonds is 6. The molecule has 0 aliphatic rings. The van der Waals surface area contributed by atoms with Gasteiger partial charge in [0, 0.05) is 17.6 Å². The summed E-state index contributed by atoms with van der Waals surface area (Å²) in [7, 11) is 0. The topological polar surface area (TPSA) is 24.9 Å². The Balaban J connectivity index is 2.04. The van der Waals surface area contributed by atoms with Crippen LogP contribution in [0.1, 0.15) is 19.4 Å². The fourth-order valence-corrected chi connectivity index (χ4v) is 3.13. The zero-order chi connectivity index (χ0) is 15.2. The van der Waals surface area contributed by atoms with E-state index >= 15 is 0 Å². The highest BCUT2D eigenvalue weighted by atomic mass is 35.5. The van der Waals surface area contributed by atoms with Crippen LogP contribution in [-0.2, 0) is 6.54 Å². The van der Waals surface area contributed by atoms with E-state index in [4.69, 9.17) is 23.2 Å². The van der Waals surface area contributed by atoms with E-state index in [0.717, 1.165) is 28.0 Å². The monoisotopic (exact) mass is 340 g/mol. The van der Waals surface area contributed by atoms with Crippen molar-refractivity contribution in [1.82, 2.24) is 10.3 Å². The predicted molar refractivity (Wildman–Crippen MR) is 91.4 cm³/mol. The third-order valence-electron chi connectivity index (χ3n) is 2.81. The molecule has 1 aromatic heterocycles. The number of pyridine rings is 1. The van der Waals surface area contributed by atoms with Crippen LogP contribution in [0.2, 0.25) is 10.0 Å². The zero-order valence-electron chi connectivity index (χ0n) is 12.1. The van der Waals surface area contributed by atoms with Gasteiger partial charge in [0.2, 0.25) is 0 Å². The van der Waals surface area contributed by atoms with Crippen LogP contribution in [0.15, 0.2) is 46.5 Å². The second-order valence-corrected chi connectivity index (χ2v) is 7.03. The van der Waals surface area contributed by atoms with Gasteiger partial charge < -0.3 is 5.32 Å². The maximum atomic E-state index is 6.35. The van der Waals surface area contributed by atoms with Crippen molar-refractivity contribution in [1.29, 1.82) is 0 Å². The molecule has 0 unspecified atom stereocenters. The van der Waals surface area contributed by atoms with Gasteiger partial charge in [-0.15, -0.1) is 0 Å². The van der Waals surface area contributed by atoms with Gasteiger partial charge in [-0.1, -0.05) is 54.9 Å². The number of nitrogens with zero attached hydrogens (tertiary/aromatic N) is 1. The summed E-state index contributed by atoms with van der Waals surface area (Å²) in [4.78, 5) is 5.23. The Kier molecular flexibility index (Phi) is 6.37. The lowest BCUT2D eigenvalue weighted by molar-refractivity contribution is 0.552. The van der Waals surface area contributed by atoms with E-state index in [1.54, 1.807) is 6.20 Å². The average molecular weight is 341 g/mol. The van der Waals surface area contributed by atoms with Gasteiger partial charge in [-0.2, -0.15) is 0 Å². The molecule has 0 saturated heterocycles. The molecule has 1 aromatic carbocycles. The summed E-state index contributed by atoms with van der Waals surface area (Å²) in [5.41, 5.74) is 1.18. The summed E-state index contributed by atoms with van der Waals surface area (Å²) >= 11 is 14.0. The van der Waals surface area contributed by atoms with E-state index in [1.165, 1.54) is 17.3 Å². The SMILES string of the molecule is CC(C)CNCc1ccc(Sc2ncccc2Cl)c(Cl)c1. The molecule has 0 spiro atoms. The summed E-state index contributed by atoms with van der Waals surface area (Å²) in [6.07, 6.45) is 1.73. The molecule has 0 atom stereocenters. The Labute approximate surface area is 140 Å². The lowest BCUT2D eigenvalue weighted by Crippen LogP contribution is -2.18. The number of hydrogen-bond acceptors (Lipinski definition) is 3. The second kappa shape index (κ2) is 8.04. The van der Waals surface area contributed by atoms with E-state index in [-0.39, 0.29) is 0 Å². The number of aromatic nitrogens is 1. The predicted octanol–water partition coefficient (Wildman–Crippen LogP) is 5.29. The van der Waals surface area contributed by atoms with Gasteiger partial charge in [-0.25, -0.2) is 4.98 Å². The van der Waals surface area contributed by atoms with Crippen LogP contribution < -0.4 is 5.32 Å². The van der Waals surface area contributed by atoms with Gasteiger partial charge in [0.25, 0.3) is 0 Å². The summed E-state index contributed by atoms with van der Waals surface area (Å²) in [6.45, 7) is 6.21. The lowest BCUT2D eigenvalue weighted by Gasteiger charge is -2.10. The molecule has 112 valence electrons. The van der Waals surface area contributed by atoms with E-state index in [0.29, 0.717) is 10.9 Å². The molecular weight excluding hydrogens is 323 g/mol. The van der Waals surface area contributed by atoms with E-state index in [2.05, 4.69) is 30.2 Å². The van der Waals surface area contributed by atoms with Gasteiger partial charge >= 0.3 is 0 Å². The van der Waals surface area contributed by atoms with Crippen molar-refractivity contribution in [2.75, 3.05) is 6.54 Å². The summed E-state index contributed by atoms with van der Waals surface area (Å²) < 4.78 is 0. The zero-order valence-corrected chi connectivity index (χ0v) is 14.4. The van der Waals surface area contributed by atoms with E-state index in [1.807, 2.05) is 24.3 Å². The maximum Gasteiger partial charge on any atom is 0.119 e. The van der Waals surface area contributed by atoms with Crippen molar-refractivity contribution in [3.63, 3.8) is 0 Å². The summed E-state index contributed by atoms with van der Waals surface area (Å²) in [5, 5.41) is 5.55. The molecule has 0 fully saturated rings. The van der Waals surface area contributed by atoms with Crippen LogP contribution in [0, 0.1) is 5.92 Å². The molecule has 2 nitrogen and oxygen atoms in total. The third kappa shape index (κ3) is 5.19. The molecule has 0 radical (unpaired) electrons. The highest BCUT2D eigenvalue weighted by Gasteiger charge is 2.08. The third-order valence-corrected chi connectivity index (χ3v) is 4.75. The Hall–Kier alpha value is -0.740. The van der Waals surface area contributed by atoms with Crippen LogP contribution in [0.5, 0.6) is 0 Å². The van der Waals surface area contributed by atoms with Crippen LogP contribution in [0.4, 0.5) is 0 Å². The number of nitrogens with one attached hydrogen (secondary N) is 1. The van der Waals surface area contributed by atoms with Crippen molar-refractivity contribution in [3.8, 4) is 0 Å². The highest BCUT2D eigenvalue weighted by molar-refractivity contribution is 7.99. The molecule has 0 saturated carbocycles. The average Bonchev–Trinajstić information content (AvgIpc) is 2.43. The first-order chi connectivity index (χ1) is 10.1. The normalized spacial score (nSPS) is 11.1. The molecule has 1 heterocycles. The molecule has 2 rings (SSSR count). The summed E-state index contributed by atoms with van der Waals surface area (Å²) in [6, 6.07) is 9.74. The van der Waals surface area contributed by atoms with Crippen molar-refractivity contribution < 1.29 is 0 Å². The second-order valence-electron chi connectivity index (χ2n) is 5.18. The first kappa shape index (κ1) is 16.6. The highest BCUT2D eigenvalue weighted by Crippen LogP contribution is 2.35. The molecule has 0 bridgehead atoms. The maximum absolute atomic E-state index is 6.35. The fraction of sp³-hybridized carbons (Fsp3) is 0.312. The van der Waals surface area contributed by atoms with Crippen molar-refractivity contribution >= 4 is 35.0 Å². The van der Waals surface area contributed by atoms with E-state index < -0.39 is 0 Å². The van der Waals surface area contributed by atoms with Crippen molar-refractivity contribution in [2.45, 2.75) is 30.3 Å². The van der Waals surface area contributed by atoms with Crippen LogP contribution in [0.25, 0.3) is 0 Å². The van der Waals surface area contributed by atoms with Gasteiger partial charge in [0.1, 0.15) is 5.03 Å². The minimum atomic E-state index is 0.640. The van der Waals surface area contributed by atoms with Gasteiger partial charge in [0.05, 0.1) is 10.0 Å². The first-order valence-corrected chi connectivity index (χ1v) is 8.41. The number of halogens is 2. The minimum absolute atomic E-state index is 0.640. The van der Waals surface area contributed by atoms with Crippen LogP contribution in [-0.4, -0.2) is 11.5 Å². The van der Waals surface area contributed by atoms with E-state index in [9.17, 15) is 0 Å². The lowest BCUT2D eigenvalue weighted by atomic mass is 10.2. The standard InChI is InChI=1S/C16H18Cl2N2S/c1-11(2)9-19-10-12-5-6-15(14(18)8-12)21-16-13(17)4-3-7-20-16/h3-8,11,19H,9-10H2,1-2H3. The molecule has 21 heavy (non-hydrogen) atoms. The molecular formula is C16H18Cl2N2S. The molecule has 2 aromatic rings. The molecule has 1 N–H and O–H groups in total.